The van der Waals surface area contributed by atoms with Crippen molar-refractivity contribution in [2.45, 2.75) is 37.1 Å². The molecule has 0 bridgehead atoms. The van der Waals surface area contributed by atoms with Gasteiger partial charge < -0.3 is 10.2 Å². The number of rotatable bonds is 6. The molecule has 1 amide bonds. The Morgan fingerprint density at radius 3 is 2.41 bits per heavy atom. The summed E-state index contributed by atoms with van der Waals surface area (Å²) in [5, 5.41) is 2.91. The number of piperazine rings is 1. The average molecular weight is 458 g/mol. The maximum atomic E-state index is 12.9. The van der Waals surface area contributed by atoms with Crippen LogP contribution >= 0.6 is 0 Å². The predicted molar refractivity (Wildman–Crippen MR) is 125 cm³/mol. The lowest BCUT2D eigenvalue weighted by molar-refractivity contribution is -0.120. The first-order chi connectivity index (χ1) is 15.4. The number of aromatic nitrogens is 1. The van der Waals surface area contributed by atoms with E-state index in [2.05, 4.69) is 20.1 Å². The minimum atomic E-state index is -3.53. The Kier molecular flexibility index (Phi) is 7.07. The first kappa shape index (κ1) is 22.7. The van der Waals surface area contributed by atoms with Crippen molar-refractivity contribution < 1.29 is 13.2 Å². The van der Waals surface area contributed by atoms with Crippen LogP contribution in [-0.4, -0.2) is 73.8 Å². The molecule has 2 saturated heterocycles. The van der Waals surface area contributed by atoms with Gasteiger partial charge in [-0.2, -0.15) is 4.31 Å². The summed E-state index contributed by atoms with van der Waals surface area (Å²) in [4.78, 5) is 21.9. The molecule has 0 aliphatic carbocycles. The largest absolute Gasteiger partial charge is 0.354 e. The van der Waals surface area contributed by atoms with Gasteiger partial charge in [0.2, 0.25) is 15.9 Å². The van der Waals surface area contributed by atoms with E-state index in [1.165, 1.54) is 0 Å². The van der Waals surface area contributed by atoms with Gasteiger partial charge >= 0.3 is 0 Å². The lowest BCUT2D eigenvalue weighted by Gasteiger charge is -2.37. The molecule has 4 rings (SSSR count). The fraction of sp³-hybridized carbons (Fsp3) is 0.478. The molecule has 3 heterocycles. The Bertz CT molecular complexity index is 1020. The SMILES string of the molecule is C[C@@H](C(=O)Nc1cccc(S(=O)(=O)N2CCCCC2)c1)N1CCN(c2ccccn2)CC1. The number of anilines is 2. The van der Waals surface area contributed by atoms with Gasteiger partial charge in [0.15, 0.2) is 0 Å². The lowest BCUT2D eigenvalue weighted by atomic mass is 10.2. The zero-order valence-electron chi connectivity index (χ0n) is 18.5. The van der Waals surface area contributed by atoms with Gasteiger partial charge in [0.1, 0.15) is 5.82 Å². The molecule has 2 aliphatic rings. The second-order valence-corrected chi connectivity index (χ2v) is 10.3. The second kappa shape index (κ2) is 9.97. The Morgan fingerprint density at radius 2 is 1.72 bits per heavy atom. The first-order valence-corrected chi connectivity index (χ1v) is 12.7. The highest BCUT2D eigenvalue weighted by Gasteiger charge is 2.28. The summed E-state index contributed by atoms with van der Waals surface area (Å²) in [7, 11) is -3.53. The van der Waals surface area contributed by atoms with E-state index in [0.29, 0.717) is 18.8 Å². The Hall–Kier alpha value is -2.49. The zero-order valence-corrected chi connectivity index (χ0v) is 19.3. The molecule has 2 aliphatic heterocycles. The molecule has 172 valence electrons. The number of carbonyl (C=O) groups is 1. The van der Waals surface area contributed by atoms with E-state index in [9.17, 15) is 13.2 Å². The van der Waals surface area contributed by atoms with Crippen LogP contribution in [0.4, 0.5) is 11.5 Å². The quantitative estimate of drug-likeness (QED) is 0.717. The molecule has 0 spiro atoms. The maximum Gasteiger partial charge on any atom is 0.243 e. The lowest BCUT2D eigenvalue weighted by Crippen LogP contribution is -2.53. The highest BCUT2D eigenvalue weighted by Crippen LogP contribution is 2.23. The molecule has 2 fully saturated rings. The van der Waals surface area contributed by atoms with Gasteiger partial charge in [-0.1, -0.05) is 18.6 Å². The highest BCUT2D eigenvalue weighted by molar-refractivity contribution is 7.89. The molecule has 9 heteroatoms. The summed E-state index contributed by atoms with van der Waals surface area (Å²) in [6.07, 6.45) is 4.63. The van der Waals surface area contributed by atoms with Crippen molar-refractivity contribution in [1.82, 2.24) is 14.2 Å². The molecule has 0 radical (unpaired) electrons. The van der Waals surface area contributed by atoms with Gasteiger partial charge in [-0.15, -0.1) is 0 Å². The van der Waals surface area contributed by atoms with Crippen molar-refractivity contribution in [3.05, 3.63) is 48.7 Å². The van der Waals surface area contributed by atoms with Gasteiger partial charge in [0.05, 0.1) is 10.9 Å². The standard InChI is InChI=1S/C23H31N5O3S/c1-19(26-14-16-27(17-15-26)22-10-3-4-11-24-22)23(29)25-20-8-7-9-21(18-20)32(30,31)28-12-5-2-6-13-28/h3-4,7-11,18-19H,2,5-6,12-17H2,1H3,(H,25,29)/t19-/m0/s1. The van der Waals surface area contributed by atoms with Crippen LogP contribution in [0.25, 0.3) is 0 Å². The van der Waals surface area contributed by atoms with Crippen LogP contribution < -0.4 is 10.2 Å². The number of sulfonamides is 1. The van der Waals surface area contributed by atoms with Crippen LogP contribution in [0.15, 0.2) is 53.6 Å². The maximum absolute atomic E-state index is 12.9. The number of hydrogen-bond donors (Lipinski definition) is 1. The third kappa shape index (κ3) is 5.11. The monoisotopic (exact) mass is 457 g/mol. The molecule has 2 aromatic rings. The zero-order chi connectivity index (χ0) is 22.6. The average Bonchev–Trinajstić information content (AvgIpc) is 2.85. The van der Waals surface area contributed by atoms with Gasteiger partial charge in [-0.25, -0.2) is 13.4 Å². The third-order valence-corrected chi connectivity index (χ3v) is 8.16. The van der Waals surface area contributed by atoms with Crippen molar-refractivity contribution in [2.24, 2.45) is 0 Å². The molecular formula is C23H31N5O3S. The van der Waals surface area contributed by atoms with Crippen molar-refractivity contribution in [1.29, 1.82) is 0 Å². The fourth-order valence-corrected chi connectivity index (χ4v) is 5.84. The first-order valence-electron chi connectivity index (χ1n) is 11.3. The van der Waals surface area contributed by atoms with Crippen molar-refractivity contribution in [2.75, 3.05) is 49.5 Å². The van der Waals surface area contributed by atoms with Crippen LogP contribution in [0.5, 0.6) is 0 Å². The van der Waals surface area contributed by atoms with Crippen molar-refractivity contribution in [3.63, 3.8) is 0 Å². The minimum absolute atomic E-state index is 0.135. The number of carbonyl (C=O) groups excluding carboxylic acids is 1. The molecule has 0 saturated carbocycles. The highest BCUT2D eigenvalue weighted by atomic mass is 32.2. The molecule has 1 N–H and O–H groups in total. The van der Waals surface area contributed by atoms with E-state index in [-0.39, 0.29) is 16.8 Å². The number of hydrogen-bond acceptors (Lipinski definition) is 6. The molecule has 1 aromatic heterocycles. The molecule has 8 nitrogen and oxygen atoms in total. The summed E-state index contributed by atoms with van der Waals surface area (Å²) >= 11 is 0. The summed E-state index contributed by atoms with van der Waals surface area (Å²) < 4.78 is 27.4. The number of nitrogens with zero attached hydrogens (tertiary/aromatic N) is 4. The number of nitrogens with one attached hydrogen (secondary N) is 1. The van der Waals surface area contributed by atoms with E-state index < -0.39 is 10.0 Å². The summed E-state index contributed by atoms with van der Waals surface area (Å²) in [6.45, 7) is 6.13. The van der Waals surface area contributed by atoms with Crippen molar-refractivity contribution in [3.8, 4) is 0 Å². The summed E-state index contributed by atoms with van der Waals surface area (Å²) in [6, 6.07) is 12.1. The van der Waals surface area contributed by atoms with Crippen molar-refractivity contribution >= 4 is 27.4 Å². The van der Waals surface area contributed by atoms with Crippen LogP contribution in [0.1, 0.15) is 26.2 Å². The van der Waals surface area contributed by atoms with E-state index in [1.807, 2.05) is 25.1 Å². The number of benzene rings is 1. The molecule has 0 unspecified atom stereocenters. The molecule has 1 atom stereocenters. The van der Waals surface area contributed by atoms with E-state index in [4.69, 9.17) is 0 Å². The van der Waals surface area contributed by atoms with E-state index >= 15 is 0 Å². The predicted octanol–water partition coefficient (Wildman–Crippen LogP) is 2.41. The second-order valence-electron chi connectivity index (χ2n) is 8.37. The Labute approximate surface area is 190 Å². The molecular weight excluding hydrogens is 426 g/mol. The number of amides is 1. The van der Waals surface area contributed by atoms with Gasteiger partial charge in [0.25, 0.3) is 0 Å². The van der Waals surface area contributed by atoms with Crippen LogP contribution in [0, 0.1) is 0 Å². The smallest absolute Gasteiger partial charge is 0.243 e. The number of piperidine rings is 1. The normalized spacial score (nSPS) is 19.5. The van der Waals surface area contributed by atoms with Gasteiger partial charge in [0, 0.05) is 51.2 Å². The van der Waals surface area contributed by atoms with E-state index in [0.717, 1.165) is 51.3 Å². The topological polar surface area (TPSA) is 85.8 Å². The molecule has 32 heavy (non-hydrogen) atoms. The summed E-state index contributed by atoms with van der Waals surface area (Å²) in [5.74, 6) is 0.819. The third-order valence-electron chi connectivity index (χ3n) is 6.27. The Balaban J connectivity index is 1.36. The van der Waals surface area contributed by atoms with E-state index in [1.54, 1.807) is 34.8 Å². The minimum Gasteiger partial charge on any atom is -0.354 e. The van der Waals surface area contributed by atoms with Crippen LogP contribution in [0.3, 0.4) is 0 Å². The molecule has 1 aromatic carbocycles. The van der Waals surface area contributed by atoms with Gasteiger partial charge in [-0.05, 0) is 50.1 Å². The van der Waals surface area contributed by atoms with Crippen LogP contribution in [-0.2, 0) is 14.8 Å². The van der Waals surface area contributed by atoms with Gasteiger partial charge in [-0.3, -0.25) is 9.69 Å². The summed E-state index contributed by atoms with van der Waals surface area (Å²) in [5.41, 5.74) is 0.507. The number of pyridine rings is 1. The van der Waals surface area contributed by atoms with Crippen LogP contribution in [0.2, 0.25) is 0 Å². The Morgan fingerprint density at radius 1 is 0.969 bits per heavy atom. The fourth-order valence-electron chi connectivity index (χ4n) is 4.28.